The van der Waals surface area contributed by atoms with E-state index in [4.69, 9.17) is 5.11 Å². The third-order valence-corrected chi connectivity index (χ3v) is 2.98. The van der Waals surface area contributed by atoms with Gasteiger partial charge < -0.3 is 10.0 Å². The highest BCUT2D eigenvalue weighted by Gasteiger charge is 2.32. The maximum absolute atomic E-state index is 13.0. The Morgan fingerprint density at radius 2 is 2.17 bits per heavy atom. The van der Waals surface area contributed by atoms with Crippen molar-refractivity contribution in [1.29, 1.82) is 0 Å². The summed E-state index contributed by atoms with van der Waals surface area (Å²) < 4.78 is 13.0. The number of halogens is 1. The van der Waals surface area contributed by atoms with Crippen molar-refractivity contribution in [3.8, 4) is 0 Å². The maximum Gasteiger partial charge on any atom is 0.326 e. The van der Waals surface area contributed by atoms with Gasteiger partial charge in [-0.1, -0.05) is 6.07 Å². The molecule has 1 aliphatic rings. The van der Waals surface area contributed by atoms with Gasteiger partial charge in [0, 0.05) is 6.54 Å². The Kier molecular flexibility index (Phi) is 3.55. The van der Waals surface area contributed by atoms with Crippen LogP contribution in [0.1, 0.15) is 29.8 Å². The second-order valence-electron chi connectivity index (χ2n) is 4.19. The molecule has 18 heavy (non-hydrogen) atoms. The van der Waals surface area contributed by atoms with Gasteiger partial charge in [-0.2, -0.15) is 4.39 Å². The molecule has 2 rings (SSSR count). The fourth-order valence-corrected chi connectivity index (χ4v) is 2.11. The van der Waals surface area contributed by atoms with Crippen LogP contribution in [0.3, 0.4) is 0 Å². The minimum absolute atomic E-state index is 0.0526. The summed E-state index contributed by atoms with van der Waals surface area (Å²) in [5.41, 5.74) is -0.0526. The Hall–Kier alpha value is -1.98. The molecule has 1 aromatic rings. The molecule has 1 fully saturated rings. The fraction of sp³-hybridized carbons (Fsp3) is 0.417. The number of pyridine rings is 1. The molecule has 1 unspecified atom stereocenters. The van der Waals surface area contributed by atoms with Crippen LogP contribution >= 0.6 is 0 Å². The first-order valence-corrected chi connectivity index (χ1v) is 5.76. The number of likely N-dealkylation sites (tertiary alicyclic amines) is 1. The van der Waals surface area contributed by atoms with E-state index in [2.05, 4.69) is 4.98 Å². The molecule has 1 aliphatic heterocycles. The quantitative estimate of drug-likeness (QED) is 0.805. The van der Waals surface area contributed by atoms with Crippen molar-refractivity contribution in [2.45, 2.75) is 25.3 Å². The number of carbonyl (C=O) groups excluding carboxylic acids is 1. The van der Waals surface area contributed by atoms with E-state index >= 15 is 0 Å². The van der Waals surface area contributed by atoms with Crippen molar-refractivity contribution >= 4 is 11.9 Å². The highest BCUT2D eigenvalue weighted by molar-refractivity contribution is 5.95. The average Bonchev–Trinajstić information content (AvgIpc) is 2.38. The van der Waals surface area contributed by atoms with Crippen molar-refractivity contribution < 1.29 is 19.1 Å². The largest absolute Gasteiger partial charge is 0.480 e. The first-order valence-electron chi connectivity index (χ1n) is 5.76. The standard InChI is InChI=1S/C12H13FN2O3/c13-10-6-3-4-8(14-10)11(16)15-7-2-1-5-9(15)12(17)18/h3-4,6,9H,1-2,5,7H2,(H,17,18). The molecule has 0 saturated carbocycles. The van der Waals surface area contributed by atoms with Crippen LogP contribution in [-0.2, 0) is 4.79 Å². The van der Waals surface area contributed by atoms with Gasteiger partial charge in [0.15, 0.2) is 0 Å². The Morgan fingerprint density at radius 3 is 2.83 bits per heavy atom. The topological polar surface area (TPSA) is 70.5 Å². The van der Waals surface area contributed by atoms with E-state index in [0.717, 1.165) is 18.9 Å². The van der Waals surface area contributed by atoms with E-state index in [9.17, 15) is 14.0 Å². The predicted octanol–water partition coefficient (Wildman–Crippen LogP) is 1.30. The van der Waals surface area contributed by atoms with Crippen molar-refractivity contribution in [2.75, 3.05) is 6.54 Å². The van der Waals surface area contributed by atoms with Gasteiger partial charge in [0.25, 0.3) is 5.91 Å². The first kappa shape index (κ1) is 12.5. The molecule has 1 N–H and O–H groups in total. The van der Waals surface area contributed by atoms with Crippen molar-refractivity contribution in [1.82, 2.24) is 9.88 Å². The van der Waals surface area contributed by atoms with Gasteiger partial charge in [-0.25, -0.2) is 9.78 Å². The molecule has 5 nitrogen and oxygen atoms in total. The van der Waals surface area contributed by atoms with E-state index in [1.807, 2.05) is 0 Å². The summed E-state index contributed by atoms with van der Waals surface area (Å²) in [7, 11) is 0. The number of nitrogens with zero attached hydrogens (tertiary/aromatic N) is 2. The highest BCUT2D eigenvalue weighted by atomic mass is 19.1. The molecule has 0 aliphatic carbocycles. The van der Waals surface area contributed by atoms with Gasteiger partial charge in [0.05, 0.1) is 0 Å². The molecule has 0 bridgehead atoms. The van der Waals surface area contributed by atoms with Crippen LogP contribution in [0.15, 0.2) is 18.2 Å². The van der Waals surface area contributed by atoms with Gasteiger partial charge in [0.2, 0.25) is 5.95 Å². The summed E-state index contributed by atoms with van der Waals surface area (Å²) >= 11 is 0. The molecule has 96 valence electrons. The number of amides is 1. The average molecular weight is 252 g/mol. The molecular formula is C12H13FN2O3. The zero-order valence-electron chi connectivity index (χ0n) is 9.67. The van der Waals surface area contributed by atoms with E-state index in [1.54, 1.807) is 0 Å². The number of carboxylic acids is 1. The second-order valence-corrected chi connectivity index (χ2v) is 4.19. The van der Waals surface area contributed by atoms with E-state index in [0.29, 0.717) is 13.0 Å². The number of carboxylic acid groups (broad SMARTS) is 1. The second kappa shape index (κ2) is 5.12. The number of carbonyl (C=O) groups is 2. The Morgan fingerprint density at radius 1 is 1.39 bits per heavy atom. The minimum Gasteiger partial charge on any atom is -0.480 e. The molecular weight excluding hydrogens is 239 g/mol. The number of hydrogen-bond donors (Lipinski definition) is 1. The van der Waals surface area contributed by atoms with Gasteiger partial charge >= 0.3 is 5.97 Å². The number of aliphatic carboxylic acids is 1. The Balaban J connectivity index is 2.23. The molecule has 1 amide bonds. The van der Waals surface area contributed by atoms with Crippen molar-refractivity contribution in [3.63, 3.8) is 0 Å². The normalized spacial score (nSPS) is 19.6. The van der Waals surface area contributed by atoms with Crippen LogP contribution in [0, 0.1) is 5.95 Å². The smallest absolute Gasteiger partial charge is 0.326 e. The van der Waals surface area contributed by atoms with Crippen LogP contribution in [0.5, 0.6) is 0 Å². The molecule has 1 atom stereocenters. The summed E-state index contributed by atoms with van der Waals surface area (Å²) in [5.74, 6) is -2.30. The van der Waals surface area contributed by atoms with Crippen LogP contribution in [0.2, 0.25) is 0 Å². The zero-order chi connectivity index (χ0) is 13.1. The summed E-state index contributed by atoms with van der Waals surface area (Å²) in [5, 5.41) is 9.07. The van der Waals surface area contributed by atoms with Crippen LogP contribution in [0.25, 0.3) is 0 Å². The third-order valence-electron chi connectivity index (χ3n) is 2.98. The molecule has 6 heteroatoms. The summed E-state index contributed by atoms with van der Waals surface area (Å²) in [6.07, 6.45) is 1.96. The number of aromatic nitrogens is 1. The lowest BCUT2D eigenvalue weighted by molar-refractivity contribution is -0.143. The maximum atomic E-state index is 13.0. The lowest BCUT2D eigenvalue weighted by Gasteiger charge is -2.32. The predicted molar refractivity (Wildman–Crippen MR) is 60.5 cm³/mol. The number of rotatable bonds is 2. The Bertz CT molecular complexity index is 478. The lowest BCUT2D eigenvalue weighted by atomic mass is 10.0. The van der Waals surface area contributed by atoms with Crippen LogP contribution < -0.4 is 0 Å². The number of piperidine rings is 1. The molecule has 0 spiro atoms. The van der Waals surface area contributed by atoms with Gasteiger partial charge in [0.1, 0.15) is 11.7 Å². The monoisotopic (exact) mass is 252 g/mol. The van der Waals surface area contributed by atoms with Gasteiger partial charge in [-0.15, -0.1) is 0 Å². The molecule has 2 heterocycles. The fourth-order valence-electron chi connectivity index (χ4n) is 2.11. The van der Waals surface area contributed by atoms with Crippen LogP contribution in [0.4, 0.5) is 4.39 Å². The van der Waals surface area contributed by atoms with E-state index < -0.39 is 23.9 Å². The van der Waals surface area contributed by atoms with Crippen molar-refractivity contribution in [3.05, 3.63) is 29.8 Å². The first-order chi connectivity index (χ1) is 8.59. The summed E-state index contributed by atoms with van der Waals surface area (Å²) in [6.45, 7) is 0.369. The number of hydrogen-bond acceptors (Lipinski definition) is 3. The highest BCUT2D eigenvalue weighted by Crippen LogP contribution is 2.19. The van der Waals surface area contributed by atoms with Crippen LogP contribution in [-0.4, -0.2) is 39.5 Å². The SMILES string of the molecule is O=C(O)C1CCCCN1C(=O)c1cccc(F)n1. The molecule has 0 aromatic carbocycles. The molecule has 1 saturated heterocycles. The minimum atomic E-state index is -1.03. The molecule has 0 radical (unpaired) electrons. The zero-order valence-corrected chi connectivity index (χ0v) is 9.67. The van der Waals surface area contributed by atoms with E-state index in [-0.39, 0.29) is 5.69 Å². The van der Waals surface area contributed by atoms with E-state index in [1.165, 1.54) is 17.0 Å². The summed E-state index contributed by atoms with van der Waals surface area (Å²) in [6, 6.07) is 3.08. The van der Waals surface area contributed by atoms with Crippen molar-refractivity contribution in [2.24, 2.45) is 0 Å². The summed E-state index contributed by atoms with van der Waals surface area (Å²) in [4.78, 5) is 27.9. The van der Waals surface area contributed by atoms with Gasteiger partial charge in [-0.05, 0) is 31.4 Å². The lowest BCUT2D eigenvalue weighted by Crippen LogP contribution is -2.48. The Labute approximate surface area is 103 Å². The molecule has 1 aromatic heterocycles. The van der Waals surface area contributed by atoms with Gasteiger partial charge in [-0.3, -0.25) is 4.79 Å². The third kappa shape index (κ3) is 2.47.